The van der Waals surface area contributed by atoms with E-state index in [9.17, 15) is 19.2 Å². The molecule has 0 unspecified atom stereocenters. The first-order chi connectivity index (χ1) is 18.4. The van der Waals surface area contributed by atoms with E-state index in [1.54, 1.807) is 39.8 Å². The minimum Gasteiger partial charge on any atom is -0.460 e. The number of carbonyl (C=O) groups excluding carboxylic acids is 4. The van der Waals surface area contributed by atoms with Crippen molar-refractivity contribution in [3.63, 3.8) is 0 Å². The molecule has 2 amide bonds. The van der Waals surface area contributed by atoms with Gasteiger partial charge >= 0.3 is 11.9 Å². The molecule has 0 fully saturated rings. The van der Waals surface area contributed by atoms with E-state index in [1.165, 1.54) is 11.8 Å². The molecule has 0 aliphatic carbocycles. The zero-order valence-electron chi connectivity index (χ0n) is 23.0. The number of nitrogens with zero attached hydrogens (tertiary/aromatic N) is 2. The van der Waals surface area contributed by atoms with Crippen molar-refractivity contribution in [2.45, 2.75) is 89.5 Å². The van der Waals surface area contributed by atoms with E-state index in [-0.39, 0.29) is 31.7 Å². The van der Waals surface area contributed by atoms with E-state index in [0.29, 0.717) is 41.5 Å². The van der Waals surface area contributed by atoms with Gasteiger partial charge in [-0.2, -0.15) is 12.6 Å². The van der Waals surface area contributed by atoms with Gasteiger partial charge in [0.05, 0.1) is 18.7 Å². The second kappa shape index (κ2) is 13.6. The van der Waals surface area contributed by atoms with E-state index in [4.69, 9.17) is 9.47 Å². The minimum atomic E-state index is -1.10. The number of thiol groups is 1. The van der Waals surface area contributed by atoms with Gasteiger partial charge in [0, 0.05) is 24.3 Å². The van der Waals surface area contributed by atoms with Gasteiger partial charge < -0.3 is 20.1 Å². The van der Waals surface area contributed by atoms with Gasteiger partial charge in [0.2, 0.25) is 11.8 Å². The Morgan fingerprint density at radius 1 is 1.33 bits per heavy atom. The van der Waals surface area contributed by atoms with Crippen LogP contribution in [-0.4, -0.2) is 75.8 Å². The summed E-state index contributed by atoms with van der Waals surface area (Å²) in [6, 6.07) is -1.03. The molecule has 39 heavy (non-hydrogen) atoms. The lowest BCUT2D eigenvalue weighted by Gasteiger charge is -2.25. The Balaban J connectivity index is 1.83. The number of amides is 2. The quantitative estimate of drug-likeness (QED) is 0.240. The van der Waals surface area contributed by atoms with Crippen molar-refractivity contribution in [1.29, 1.82) is 0 Å². The summed E-state index contributed by atoms with van der Waals surface area (Å²) in [7, 11) is 0. The fourth-order valence-electron chi connectivity index (χ4n) is 4.03. The molecule has 3 rings (SSSR count). The van der Waals surface area contributed by atoms with Crippen molar-refractivity contribution in [2.75, 3.05) is 18.1 Å². The molecule has 3 heterocycles. The van der Waals surface area contributed by atoms with E-state index in [1.807, 2.05) is 6.08 Å². The molecule has 0 saturated heterocycles. The summed E-state index contributed by atoms with van der Waals surface area (Å²) < 4.78 is 11.1. The molecule has 2 N–H and O–H groups in total. The third-order valence-electron chi connectivity index (χ3n) is 6.03. The summed E-state index contributed by atoms with van der Waals surface area (Å²) in [6.45, 7) is 7.33. The Morgan fingerprint density at radius 2 is 2.10 bits per heavy atom. The third kappa shape index (κ3) is 9.52. The maximum atomic E-state index is 13.4. The number of hydrogen-bond donors (Lipinski definition) is 3. The zero-order valence-corrected chi connectivity index (χ0v) is 24.7. The van der Waals surface area contributed by atoms with Crippen molar-refractivity contribution < 1.29 is 28.7 Å². The number of allylic oxidation sites excluding steroid dienone is 2. The van der Waals surface area contributed by atoms with Crippen LogP contribution < -0.4 is 10.6 Å². The summed E-state index contributed by atoms with van der Waals surface area (Å²) in [6.07, 6.45) is 6.22. The van der Waals surface area contributed by atoms with Crippen molar-refractivity contribution in [3.8, 4) is 0 Å². The number of esters is 2. The van der Waals surface area contributed by atoms with Gasteiger partial charge in [-0.15, -0.1) is 11.8 Å². The summed E-state index contributed by atoms with van der Waals surface area (Å²) in [5.74, 6) is -0.796. The van der Waals surface area contributed by atoms with Crippen LogP contribution in [-0.2, 0) is 28.7 Å². The number of cyclic esters (lactones) is 1. The number of ether oxygens (including phenoxy) is 2. The van der Waals surface area contributed by atoms with E-state index in [2.05, 4.69) is 33.2 Å². The highest BCUT2D eigenvalue weighted by molar-refractivity contribution is 8.14. The van der Waals surface area contributed by atoms with Crippen LogP contribution in [0.1, 0.15) is 66.2 Å². The fraction of sp³-hybridized carbons (Fsp3) is 0.630. The molecule has 214 valence electrons. The van der Waals surface area contributed by atoms with Gasteiger partial charge in [0.1, 0.15) is 28.3 Å². The highest BCUT2D eigenvalue weighted by Gasteiger charge is 2.41. The van der Waals surface area contributed by atoms with Gasteiger partial charge in [-0.3, -0.25) is 24.4 Å². The van der Waals surface area contributed by atoms with Crippen molar-refractivity contribution >= 4 is 58.9 Å². The highest BCUT2D eigenvalue weighted by atomic mass is 32.2. The van der Waals surface area contributed by atoms with Gasteiger partial charge in [0.15, 0.2) is 0 Å². The monoisotopic (exact) mass is 578 g/mol. The van der Waals surface area contributed by atoms with E-state index < -0.39 is 41.1 Å². The van der Waals surface area contributed by atoms with Gasteiger partial charge in [-0.05, 0) is 58.8 Å². The molecule has 0 spiro atoms. The smallest absolute Gasteiger partial charge is 0.329 e. The van der Waals surface area contributed by atoms with Gasteiger partial charge in [-0.1, -0.05) is 12.2 Å². The van der Waals surface area contributed by atoms with Crippen molar-refractivity contribution in [2.24, 2.45) is 9.98 Å². The van der Waals surface area contributed by atoms with Crippen molar-refractivity contribution in [1.82, 2.24) is 10.6 Å². The number of thioether (sulfide) groups is 1. The number of fused-ring (bicyclic) bond motifs is 3. The first-order valence-electron chi connectivity index (χ1n) is 13.2. The second-order valence-corrected chi connectivity index (χ2v) is 12.3. The number of nitrogens with one attached hydrogen (secondary N) is 2. The van der Waals surface area contributed by atoms with Crippen LogP contribution in [0.25, 0.3) is 0 Å². The zero-order chi connectivity index (χ0) is 28.6. The average Bonchev–Trinajstić information content (AvgIpc) is 3.48. The van der Waals surface area contributed by atoms with E-state index >= 15 is 0 Å². The number of aliphatic imine (C=N–C) groups is 2. The second-order valence-electron chi connectivity index (χ2n) is 10.9. The van der Waals surface area contributed by atoms with Crippen LogP contribution in [0.5, 0.6) is 0 Å². The summed E-state index contributed by atoms with van der Waals surface area (Å²) in [5.41, 5.74) is -0.242. The predicted molar refractivity (Wildman–Crippen MR) is 155 cm³/mol. The largest absolute Gasteiger partial charge is 0.460 e. The Kier molecular flexibility index (Phi) is 10.8. The number of hydrogen-bond acceptors (Lipinski definition) is 10. The Morgan fingerprint density at radius 3 is 2.82 bits per heavy atom. The summed E-state index contributed by atoms with van der Waals surface area (Å²) in [5, 5.41) is 6.31. The molecule has 3 aliphatic heterocycles. The maximum absolute atomic E-state index is 13.4. The van der Waals surface area contributed by atoms with Crippen molar-refractivity contribution in [3.05, 3.63) is 23.9 Å². The third-order valence-corrected chi connectivity index (χ3v) is 7.57. The molecule has 0 radical (unpaired) electrons. The Labute approximate surface area is 239 Å². The lowest BCUT2D eigenvalue weighted by atomic mass is 10.0. The van der Waals surface area contributed by atoms with Crippen LogP contribution >= 0.6 is 24.4 Å². The minimum absolute atomic E-state index is 0.0779. The molecular formula is C27H38N4O6S2. The summed E-state index contributed by atoms with van der Waals surface area (Å²) >= 11 is 5.62. The number of carbonyl (C=O) groups is 4. The van der Waals surface area contributed by atoms with Crippen LogP contribution in [0.4, 0.5) is 0 Å². The molecule has 0 aromatic carbocycles. The normalized spacial score (nSPS) is 26.4. The highest BCUT2D eigenvalue weighted by Crippen LogP contribution is 2.33. The predicted octanol–water partition coefficient (Wildman–Crippen LogP) is 2.92. The Hall–Kier alpha value is -2.60. The molecule has 3 atom stereocenters. The average molecular weight is 579 g/mol. The molecule has 0 aromatic heterocycles. The summed E-state index contributed by atoms with van der Waals surface area (Å²) in [4.78, 5) is 60.9. The molecule has 10 nitrogen and oxygen atoms in total. The van der Waals surface area contributed by atoms with Gasteiger partial charge in [-0.25, -0.2) is 4.79 Å². The first kappa shape index (κ1) is 30.9. The molecule has 4 bridgehead atoms. The molecular weight excluding hydrogens is 540 g/mol. The van der Waals surface area contributed by atoms with Crippen LogP contribution in [0.2, 0.25) is 0 Å². The molecule has 3 aliphatic rings. The fourth-order valence-corrected chi connectivity index (χ4v) is 5.34. The van der Waals surface area contributed by atoms with Crippen LogP contribution in [0, 0.1) is 0 Å². The topological polar surface area (TPSA) is 136 Å². The molecule has 0 aromatic rings. The first-order valence-corrected chi connectivity index (χ1v) is 14.8. The maximum Gasteiger partial charge on any atom is 0.329 e. The Bertz CT molecular complexity index is 1090. The van der Waals surface area contributed by atoms with E-state index in [0.717, 1.165) is 5.71 Å². The van der Waals surface area contributed by atoms with Crippen LogP contribution in [0.15, 0.2) is 33.9 Å². The lowest BCUT2D eigenvalue weighted by Crippen LogP contribution is -2.51. The van der Waals surface area contributed by atoms with Crippen LogP contribution in [0.3, 0.4) is 0 Å². The molecule has 0 saturated carbocycles. The van der Waals surface area contributed by atoms with Gasteiger partial charge in [0.25, 0.3) is 0 Å². The standard InChI is InChI=1S/C27H38N4O6S2/c1-26(2,3)37-22(33)10-7-9-20-24(34)36-18(8-5-6-13-38)14-21(32)28-15-17-11-12-19(29-17)23-31-27(4,16-39-23)25(35)30-20/h5,8,12,18,20,38H,6-7,9-11,13-16H2,1-4H3,(H,28,32)(H,30,35)/b8-5+/t18-,20+,27+/m1/s1. The SMILES string of the molecule is CC(C)(C)OC(=O)CCC[C@@H]1NC(=O)[C@]2(C)CSC(=N2)C2=CCC(=N2)CNC(=O)C[C@@H](/C=C/CCS)OC1=O. The lowest BCUT2D eigenvalue weighted by molar-refractivity contribution is -0.156. The molecule has 12 heteroatoms. The number of rotatable bonds is 7.